The summed E-state index contributed by atoms with van der Waals surface area (Å²) >= 11 is 0. The predicted octanol–water partition coefficient (Wildman–Crippen LogP) is 0.217. The smallest absolute Gasteiger partial charge is 0.0160 e. The highest BCUT2D eigenvalue weighted by molar-refractivity contribution is 4.77. The molecule has 2 rings (SSSR count). The van der Waals surface area contributed by atoms with E-state index in [1.165, 1.54) is 32.5 Å². The zero-order valence-electron chi connectivity index (χ0n) is 5.06. The molecule has 2 nitrogen and oxygen atoms in total. The van der Waals surface area contributed by atoms with Gasteiger partial charge in [-0.2, -0.15) is 0 Å². The van der Waals surface area contributed by atoms with E-state index in [1.54, 1.807) is 0 Å². The molecule has 2 saturated heterocycles. The third-order valence-corrected chi connectivity index (χ3v) is 2.17. The SMILES string of the molecule is C1CC2CCN(C2)N1. The van der Waals surface area contributed by atoms with Crippen LogP contribution in [0.3, 0.4) is 0 Å². The van der Waals surface area contributed by atoms with E-state index in [1.807, 2.05) is 0 Å². The maximum atomic E-state index is 3.34. The summed E-state index contributed by atoms with van der Waals surface area (Å²) in [5.74, 6) is 1.02. The third-order valence-electron chi connectivity index (χ3n) is 2.17. The van der Waals surface area contributed by atoms with Crippen molar-refractivity contribution in [3.05, 3.63) is 0 Å². The molecule has 2 fully saturated rings. The molecule has 0 spiro atoms. The lowest BCUT2D eigenvalue weighted by atomic mass is 10.1. The second-order valence-electron chi connectivity index (χ2n) is 2.80. The number of hydrogen-bond acceptors (Lipinski definition) is 2. The van der Waals surface area contributed by atoms with Crippen LogP contribution >= 0.6 is 0 Å². The van der Waals surface area contributed by atoms with Crippen molar-refractivity contribution in [3.63, 3.8) is 0 Å². The lowest BCUT2D eigenvalue weighted by Crippen LogP contribution is -2.40. The predicted molar refractivity (Wildman–Crippen MR) is 32.3 cm³/mol. The van der Waals surface area contributed by atoms with Gasteiger partial charge in [-0.15, -0.1) is 0 Å². The molecule has 2 heteroatoms. The third kappa shape index (κ3) is 0.644. The number of fused-ring (bicyclic) bond motifs is 2. The Morgan fingerprint density at radius 1 is 1.38 bits per heavy atom. The summed E-state index contributed by atoms with van der Waals surface area (Å²) in [4.78, 5) is 0. The van der Waals surface area contributed by atoms with Crippen LogP contribution in [0.25, 0.3) is 0 Å². The summed E-state index contributed by atoms with van der Waals surface area (Å²) in [6.07, 6.45) is 2.82. The van der Waals surface area contributed by atoms with Gasteiger partial charge in [-0.1, -0.05) is 0 Å². The van der Waals surface area contributed by atoms with Crippen LogP contribution in [-0.2, 0) is 0 Å². The molecular formula is C6H12N2. The Morgan fingerprint density at radius 2 is 2.38 bits per heavy atom. The standard InChI is InChI=1S/C6H12N2/c1-3-7-8-4-2-6(1)5-8/h6-7H,1-5H2. The van der Waals surface area contributed by atoms with Gasteiger partial charge in [-0.25, -0.2) is 5.01 Å². The van der Waals surface area contributed by atoms with Crippen molar-refractivity contribution in [2.24, 2.45) is 5.92 Å². The maximum absolute atomic E-state index is 3.34. The van der Waals surface area contributed by atoms with E-state index in [0.29, 0.717) is 0 Å². The maximum Gasteiger partial charge on any atom is 0.0160 e. The van der Waals surface area contributed by atoms with Crippen molar-refractivity contribution in [1.82, 2.24) is 10.4 Å². The van der Waals surface area contributed by atoms with Crippen molar-refractivity contribution in [1.29, 1.82) is 0 Å². The monoisotopic (exact) mass is 112 g/mol. The van der Waals surface area contributed by atoms with E-state index in [2.05, 4.69) is 10.4 Å². The molecule has 2 heterocycles. The fourth-order valence-corrected chi connectivity index (χ4v) is 1.64. The number of nitrogens with one attached hydrogen (secondary N) is 1. The molecule has 0 radical (unpaired) electrons. The quantitative estimate of drug-likeness (QED) is 0.482. The Kier molecular flexibility index (Phi) is 1.02. The summed E-state index contributed by atoms with van der Waals surface area (Å²) in [6, 6.07) is 0. The minimum Gasteiger partial charge on any atom is -0.255 e. The molecule has 0 amide bonds. The molecule has 2 atom stereocenters. The lowest BCUT2D eigenvalue weighted by Gasteiger charge is -2.22. The van der Waals surface area contributed by atoms with E-state index in [4.69, 9.17) is 0 Å². The summed E-state index contributed by atoms with van der Waals surface area (Å²) in [5, 5.41) is 2.34. The van der Waals surface area contributed by atoms with Gasteiger partial charge in [0.25, 0.3) is 0 Å². The van der Waals surface area contributed by atoms with Crippen molar-refractivity contribution < 1.29 is 0 Å². The Morgan fingerprint density at radius 3 is 3.12 bits per heavy atom. The first-order valence-electron chi connectivity index (χ1n) is 3.43. The Balaban J connectivity index is 2.03. The molecule has 2 aliphatic heterocycles. The van der Waals surface area contributed by atoms with E-state index in [0.717, 1.165) is 5.92 Å². The Labute approximate surface area is 49.8 Å². The summed E-state index contributed by atoms with van der Waals surface area (Å²) in [5.41, 5.74) is 3.34. The normalized spacial score (nSPS) is 45.0. The number of rotatable bonds is 0. The summed E-state index contributed by atoms with van der Waals surface area (Å²) < 4.78 is 0. The highest BCUT2D eigenvalue weighted by atomic mass is 15.5. The van der Waals surface area contributed by atoms with Crippen LogP contribution in [0, 0.1) is 5.92 Å². The van der Waals surface area contributed by atoms with Crippen LogP contribution in [-0.4, -0.2) is 24.6 Å². The molecule has 0 aliphatic carbocycles. The van der Waals surface area contributed by atoms with Gasteiger partial charge in [0.05, 0.1) is 0 Å². The van der Waals surface area contributed by atoms with E-state index < -0.39 is 0 Å². The highest BCUT2D eigenvalue weighted by Gasteiger charge is 2.25. The van der Waals surface area contributed by atoms with Gasteiger partial charge in [0.1, 0.15) is 0 Å². The Bertz CT molecular complexity index is 78.5. The van der Waals surface area contributed by atoms with Gasteiger partial charge < -0.3 is 0 Å². The second kappa shape index (κ2) is 1.71. The fourth-order valence-electron chi connectivity index (χ4n) is 1.64. The van der Waals surface area contributed by atoms with E-state index >= 15 is 0 Å². The molecule has 0 aromatic rings. The van der Waals surface area contributed by atoms with Crippen LogP contribution in [0.4, 0.5) is 0 Å². The minimum absolute atomic E-state index is 1.02. The van der Waals surface area contributed by atoms with Gasteiger partial charge in [0.2, 0.25) is 0 Å². The average molecular weight is 112 g/mol. The van der Waals surface area contributed by atoms with Gasteiger partial charge in [0, 0.05) is 19.6 Å². The number of nitrogens with zero attached hydrogens (tertiary/aromatic N) is 1. The van der Waals surface area contributed by atoms with Gasteiger partial charge in [-0.05, 0) is 18.8 Å². The summed E-state index contributed by atoms with van der Waals surface area (Å²) in [7, 11) is 0. The number of hydrogen-bond donors (Lipinski definition) is 1. The molecule has 1 N–H and O–H groups in total. The molecule has 2 bridgehead atoms. The van der Waals surface area contributed by atoms with Gasteiger partial charge in [0.15, 0.2) is 0 Å². The molecule has 46 valence electrons. The lowest BCUT2D eigenvalue weighted by molar-refractivity contribution is 0.190. The molecule has 8 heavy (non-hydrogen) atoms. The van der Waals surface area contributed by atoms with Gasteiger partial charge in [-0.3, -0.25) is 5.43 Å². The highest BCUT2D eigenvalue weighted by Crippen LogP contribution is 2.20. The van der Waals surface area contributed by atoms with Crippen molar-refractivity contribution >= 4 is 0 Å². The van der Waals surface area contributed by atoms with Crippen LogP contribution in [0.15, 0.2) is 0 Å². The van der Waals surface area contributed by atoms with Crippen LogP contribution < -0.4 is 5.43 Å². The average Bonchev–Trinajstić information content (AvgIpc) is 2.12. The number of hydrazine groups is 1. The second-order valence-corrected chi connectivity index (χ2v) is 2.80. The van der Waals surface area contributed by atoms with Gasteiger partial charge >= 0.3 is 0 Å². The molecule has 0 aromatic heterocycles. The first-order chi connectivity index (χ1) is 3.95. The topological polar surface area (TPSA) is 15.3 Å². The van der Waals surface area contributed by atoms with Crippen molar-refractivity contribution in [2.75, 3.05) is 19.6 Å². The van der Waals surface area contributed by atoms with E-state index in [9.17, 15) is 0 Å². The van der Waals surface area contributed by atoms with E-state index in [-0.39, 0.29) is 0 Å². The zero-order chi connectivity index (χ0) is 5.40. The first-order valence-corrected chi connectivity index (χ1v) is 3.43. The van der Waals surface area contributed by atoms with Crippen molar-refractivity contribution in [3.8, 4) is 0 Å². The largest absolute Gasteiger partial charge is 0.255 e. The molecule has 0 aromatic carbocycles. The van der Waals surface area contributed by atoms with Crippen LogP contribution in [0.2, 0.25) is 0 Å². The van der Waals surface area contributed by atoms with Crippen LogP contribution in [0.1, 0.15) is 12.8 Å². The minimum atomic E-state index is 1.02. The van der Waals surface area contributed by atoms with Crippen LogP contribution in [0.5, 0.6) is 0 Å². The molecular weight excluding hydrogens is 100 g/mol. The van der Waals surface area contributed by atoms with Crippen molar-refractivity contribution in [2.45, 2.75) is 12.8 Å². The fraction of sp³-hybridized carbons (Fsp3) is 1.00. The summed E-state index contributed by atoms with van der Waals surface area (Å²) in [6.45, 7) is 3.80. The Hall–Kier alpha value is -0.0800. The molecule has 2 aliphatic rings. The first kappa shape index (κ1) is 4.77. The zero-order valence-corrected chi connectivity index (χ0v) is 5.06. The molecule has 2 unspecified atom stereocenters. The molecule has 0 saturated carbocycles.